The van der Waals surface area contributed by atoms with Gasteiger partial charge >= 0.3 is 5.97 Å². The number of carbonyl (C=O) groups is 1. The van der Waals surface area contributed by atoms with E-state index in [1.165, 1.54) is 0 Å². The Morgan fingerprint density at radius 2 is 2.18 bits per heavy atom. The van der Waals surface area contributed by atoms with Gasteiger partial charge in [0.2, 0.25) is 0 Å². The van der Waals surface area contributed by atoms with Crippen LogP contribution < -0.4 is 0 Å². The molecule has 5 heteroatoms. The van der Waals surface area contributed by atoms with Crippen molar-refractivity contribution < 1.29 is 9.53 Å². The fourth-order valence-corrected chi connectivity index (χ4v) is 1.96. The van der Waals surface area contributed by atoms with Crippen LogP contribution in [0.2, 0.25) is 0 Å². The highest BCUT2D eigenvalue weighted by Crippen LogP contribution is 2.15. The number of hydrogen-bond donors (Lipinski definition) is 0. The quantitative estimate of drug-likeness (QED) is 0.760. The molecule has 0 aliphatic heterocycles. The van der Waals surface area contributed by atoms with Gasteiger partial charge in [-0.05, 0) is 20.3 Å². The van der Waals surface area contributed by atoms with Gasteiger partial charge in [-0.25, -0.2) is 14.3 Å². The Balaban J connectivity index is 2.62. The van der Waals surface area contributed by atoms with Gasteiger partial charge in [-0.15, -0.1) is 0 Å². The van der Waals surface area contributed by atoms with Crippen LogP contribution in [0.15, 0.2) is 12.3 Å². The molecule has 0 saturated heterocycles. The van der Waals surface area contributed by atoms with Crippen molar-refractivity contribution in [3.63, 3.8) is 0 Å². The van der Waals surface area contributed by atoms with Gasteiger partial charge in [0.1, 0.15) is 0 Å². The molecule has 17 heavy (non-hydrogen) atoms. The van der Waals surface area contributed by atoms with Crippen LogP contribution in [0.4, 0.5) is 0 Å². The first kappa shape index (κ1) is 11.7. The lowest BCUT2D eigenvalue weighted by Gasteiger charge is -2.06. The zero-order valence-electron chi connectivity index (χ0n) is 10.4. The highest BCUT2D eigenvalue weighted by molar-refractivity contribution is 5.90. The number of carbonyl (C=O) groups excluding carboxylic acids is 1. The lowest BCUT2D eigenvalue weighted by molar-refractivity contribution is 0.0513. The summed E-state index contributed by atoms with van der Waals surface area (Å²) in [6, 6.07) is 1.91. The van der Waals surface area contributed by atoms with Crippen LogP contribution in [-0.4, -0.2) is 26.8 Å². The molecule has 0 aromatic carbocycles. The number of imidazole rings is 1. The van der Waals surface area contributed by atoms with E-state index < -0.39 is 0 Å². The van der Waals surface area contributed by atoms with Crippen LogP contribution in [-0.2, 0) is 17.7 Å². The summed E-state index contributed by atoms with van der Waals surface area (Å²) in [7, 11) is 0. The van der Waals surface area contributed by atoms with Gasteiger partial charge in [0.25, 0.3) is 0 Å². The number of hydrogen-bond acceptors (Lipinski definition) is 3. The highest BCUT2D eigenvalue weighted by atomic mass is 16.5. The third-order valence-corrected chi connectivity index (χ3v) is 2.73. The van der Waals surface area contributed by atoms with E-state index in [1.54, 1.807) is 6.92 Å². The fraction of sp³-hybridized carbons (Fsp3) is 0.500. The van der Waals surface area contributed by atoms with E-state index in [0.29, 0.717) is 12.3 Å². The summed E-state index contributed by atoms with van der Waals surface area (Å²) in [6.07, 6.45) is 2.64. The molecule has 0 aliphatic rings. The lowest BCUT2D eigenvalue weighted by Crippen LogP contribution is -2.14. The molecule has 0 unspecified atom stereocenters. The van der Waals surface area contributed by atoms with Crippen LogP contribution >= 0.6 is 0 Å². The number of fused-ring (bicyclic) bond motifs is 1. The normalized spacial score (nSPS) is 11.0. The van der Waals surface area contributed by atoms with Gasteiger partial charge in [-0.2, -0.15) is 0 Å². The second kappa shape index (κ2) is 4.61. The first-order chi connectivity index (χ1) is 8.22. The topological polar surface area (TPSA) is 48.5 Å². The smallest absolute Gasteiger partial charge is 0.358 e. The first-order valence-corrected chi connectivity index (χ1v) is 5.96. The minimum absolute atomic E-state index is 0.301. The summed E-state index contributed by atoms with van der Waals surface area (Å²) >= 11 is 0. The Labute approximate surface area is 100.0 Å². The summed E-state index contributed by atoms with van der Waals surface area (Å²) in [6.45, 7) is 6.98. The van der Waals surface area contributed by atoms with E-state index in [1.807, 2.05) is 35.3 Å². The van der Waals surface area contributed by atoms with Gasteiger partial charge in [0.15, 0.2) is 11.3 Å². The summed E-state index contributed by atoms with van der Waals surface area (Å²) in [5.41, 5.74) is 2.14. The largest absolute Gasteiger partial charge is 0.461 e. The standard InChI is InChI=1S/C12H17N3O2/c1-4-9-11(12(16)17-6-3)15-10(13-9)7-8-14(15)5-2/h7-8H,4-6H2,1-3H3. The average Bonchev–Trinajstić information content (AvgIpc) is 2.86. The van der Waals surface area contributed by atoms with E-state index in [4.69, 9.17) is 4.74 Å². The van der Waals surface area contributed by atoms with Gasteiger partial charge in [0, 0.05) is 18.8 Å². The summed E-state index contributed by atoms with van der Waals surface area (Å²) in [5, 5.41) is 0. The number of aromatic nitrogens is 3. The van der Waals surface area contributed by atoms with Crippen molar-refractivity contribution in [2.24, 2.45) is 0 Å². The van der Waals surface area contributed by atoms with Crippen molar-refractivity contribution in [1.82, 2.24) is 14.2 Å². The van der Waals surface area contributed by atoms with E-state index in [-0.39, 0.29) is 5.97 Å². The molecular formula is C12H17N3O2. The lowest BCUT2D eigenvalue weighted by atomic mass is 10.2. The minimum Gasteiger partial charge on any atom is -0.461 e. The maximum atomic E-state index is 12.0. The molecule has 2 rings (SSSR count). The SMILES string of the molecule is CCOC(=O)c1c(CC)nc2ccn(CC)n12. The molecule has 0 spiro atoms. The zero-order chi connectivity index (χ0) is 12.4. The van der Waals surface area contributed by atoms with Crippen LogP contribution in [0, 0.1) is 0 Å². The van der Waals surface area contributed by atoms with Crippen molar-refractivity contribution >= 4 is 11.6 Å². The Kier molecular flexibility index (Phi) is 3.17. The highest BCUT2D eigenvalue weighted by Gasteiger charge is 2.21. The second-order valence-corrected chi connectivity index (χ2v) is 3.72. The number of aryl methyl sites for hydroxylation is 2. The van der Waals surface area contributed by atoms with Gasteiger partial charge in [0.05, 0.1) is 12.3 Å². The molecule has 5 nitrogen and oxygen atoms in total. The van der Waals surface area contributed by atoms with E-state index in [2.05, 4.69) is 4.98 Å². The predicted molar refractivity (Wildman–Crippen MR) is 64.2 cm³/mol. The number of rotatable bonds is 4. The van der Waals surface area contributed by atoms with Gasteiger partial charge < -0.3 is 4.74 Å². The van der Waals surface area contributed by atoms with Crippen LogP contribution in [0.3, 0.4) is 0 Å². The minimum atomic E-state index is -0.301. The molecule has 0 N–H and O–H groups in total. The Morgan fingerprint density at radius 1 is 1.41 bits per heavy atom. The number of esters is 1. The van der Waals surface area contributed by atoms with E-state index in [0.717, 1.165) is 24.3 Å². The number of ether oxygens (including phenoxy) is 1. The van der Waals surface area contributed by atoms with E-state index >= 15 is 0 Å². The molecule has 92 valence electrons. The molecule has 2 aromatic heterocycles. The maximum Gasteiger partial charge on any atom is 0.358 e. The zero-order valence-corrected chi connectivity index (χ0v) is 10.4. The summed E-state index contributed by atoms with van der Waals surface area (Å²) in [5.74, 6) is -0.301. The Hall–Kier alpha value is -1.78. The third-order valence-electron chi connectivity index (χ3n) is 2.73. The molecule has 0 radical (unpaired) electrons. The monoisotopic (exact) mass is 235 g/mol. The molecule has 2 aromatic rings. The maximum absolute atomic E-state index is 12.0. The molecule has 0 fully saturated rings. The van der Waals surface area contributed by atoms with Crippen molar-refractivity contribution in [2.75, 3.05) is 6.61 Å². The summed E-state index contributed by atoms with van der Waals surface area (Å²) < 4.78 is 8.87. The van der Waals surface area contributed by atoms with Crippen LogP contribution in [0.5, 0.6) is 0 Å². The van der Waals surface area contributed by atoms with E-state index in [9.17, 15) is 4.79 Å². The van der Waals surface area contributed by atoms with Gasteiger partial charge in [-0.1, -0.05) is 6.92 Å². The molecule has 0 aliphatic carbocycles. The van der Waals surface area contributed by atoms with Crippen molar-refractivity contribution in [1.29, 1.82) is 0 Å². The first-order valence-electron chi connectivity index (χ1n) is 5.96. The molecule has 0 saturated carbocycles. The second-order valence-electron chi connectivity index (χ2n) is 3.72. The average molecular weight is 235 g/mol. The molecule has 0 atom stereocenters. The fourth-order valence-electron chi connectivity index (χ4n) is 1.96. The molecule has 2 heterocycles. The predicted octanol–water partition coefficient (Wildman–Crippen LogP) is 1.89. The van der Waals surface area contributed by atoms with Crippen molar-refractivity contribution in [2.45, 2.75) is 33.7 Å². The summed E-state index contributed by atoms with van der Waals surface area (Å²) in [4.78, 5) is 16.4. The van der Waals surface area contributed by atoms with Crippen LogP contribution in [0.25, 0.3) is 5.65 Å². The third kappa shape index (κ3) is 1.81. The van der Waals surface area contributed by atoms with Crippen molar-refractivity contribution in [3.8, 4) is 0 Å². The Bertz CT molecular complexity index is 539. The molecule has 0 bridgehead atoms. The number of nitrogens with zero attached hydrogens (tertiary/aromatic N) is 3. The Morgan fingerprint density at radius 3 is 2.76 bits per heavy atom. The molecular weight excluding hydrogens is 218 g/mol. The van der Waals surface area contributed by atoms with Crippen molar-refractivity contribution in [3.05, 3.63) is 23.7 Å². The molecule has 0 amide bonds. The van der Waals surface area contributed by atoms with Crippen LogP contribution in [0.1, 0.15) is 37.0 Å². The van der Waals surface area contributed by atoms with Gasteiger partial charge in [-0.3, -0.25) is 4.68 Å².